The molecule has 8 nitrogen and oxygen atoms in total. The summed E-state index contributed by atoms with van der Waals surface area (Å²) in [5, 5.41) is 38.0. The zero-order valence-corrected chi connectivity index (χ0v) is 18.3. The van der Waals surface area contributed by atoms with Gasteiger partial charge in [-0.25, -0.2) is 0 Å². The molecule has 0 aromatic heterocycles. The minimum Gasteiger partial charge on any atom is -0.550 e. The average molecular weight is 532 g/mol. The molecule has 0 rings (SSSR count). The van der Waals surface area contributed by atoms with Crippen LogP contribution in [0, 0.1) is 0 Å². The summed E-state index contributed by atoms with van der Waals surface area (Å²) in [7, 11) is 0. The molecule has 0 saturated heterocycles. The van der Waals surface area contributed by atoms with Crippen molar-refractivity contribution >= 4 is 23.9 Å². The van der Waals surface area contributed by atoms with E-state index in [9.17, 15) is 39.6 Å². The van der Waals surface area contributed by atoms with E-state index in [1.807, 2.05) is 0 Å². The summed E-state index contributed by atoms with van der Waals surface area (Å²) in [6.45, 7) is 7.21. The molecular weight excluding hydrogens is 504 g/mol. The minimum atomic E-state index is -0.961. The standard InChI is InChI=1S/4C4H8O2.W/c4*1-2-3-4(5)6;/h4*2-3H2,1H3,(H,5,6);/p-4. The van der Waals surface area contributed by atoms with E-state index in [1.54, 1.807) is 27.7 Å². The Morgan fingerprint density at radius 1 is 0.480 bits per heavy atom. The number of carbonyl (C=O) groups is 4. The van der Waals surface area contributed by atoms with E-state index < -0.39 is 23.9 Å². The van der Waals surface area contributed by atoms with Gasteiger partial charge in [-0.05, 0) is 25.7 Å². The van der Waals surface area contributed by atoms with Crippen molar-refractivity contribution in [1.82, 2.24) is 0 Å². The van der Waals surface area contributed by atoms with Crippen LogP contribution in [0.3, 0.4) is 0 Å². The van der Waals surface area contributed by atoms with Crippen molar-refractivity contribution in [3.63, 3.8) is 0 Å². The van der Waals surface area contributed by atoms with Gasteiger partial charge in [0.1, 0.15) is 0 Å². The molecule has 0 saturated carbocycles. The Morgan fingerprint density at radius 2 is 0.600 bits per heavy atom. The van der Waals surface area contributed by atoms with Crippen molar-refractivity contribution in [3.8, 4) is 0 Å². The molecule has 0 spiro atoms. The Bertz CT molecular complexity index is 268. The molecule has 0 bridgehead atoms. The molecule has 0 N–H and O–H groups in total. The van der Waals surface area contributed by atoms with E-state index >= 15 is 0 Å². The summed E-state index contributed by atoms with van der Waals surface area (Å²) in [6.07, 6.45) is 3.40. The number of carboxylic acids is 4. The Kier molecular flexibility index (Phi) is 42.4. The molecule has 0 heterocycles. The van der Waals surface area contributed by atoms with Crippen LogP contribution in [-0.4, -0.2) is 23.9 Å². The molecule has 0 atom stereocenters. The number of aliphatic carboxylic acids is 4. The Balaban J connectivity index is -0.0000000702. The van der Waals surface area contributed by atoms with E-state index in [-0.39, 0.29) is 46.7 Å². The van der Waals surface area contributed by atoms with Gasteiger partial charge in [-0.15, -0.1) is 0 Å². The second-order valence-corrected chi connectivity index (χ2v) is 4.49. The van der Waals surface area contributed by atoms with Crippen LogP contribution < -0.4 is 20.4 Å². The number of hydrogen-bond acceptors (Lipinski definition) is 8. The predicted octanol–water partition coefficient (Wildman–Crippen LogP) is -1.86. The summed E-state index contributed by atoms with van der Waals surface area (Å²) in [6, 6.07) is 0. The van der Waals surface area contributed by atoms with E-state index in [1.165, 1.54) is 0 Å². The van der Waals surface area contributed by atoms with Crippen molar-refractivity contribution < 1.29 is 60.7 Å². The molecular formula is C16H28O8W-4. The first kappa shape index (κ1) is 34.8. The largest absolute Gasteiger partial charge is 0.550 e. The molecule has 0 aromatic carbocycles. The number of rotatable bonds is 8. The maximum Gasteiger partial charge on any atom is 0.0414 e. The third kappa shape index (κ3) is 85.5. The number of carboxylic acid groups (broad SMARTS) is 4. The van der Waals surface area contributed by atoms with Gasteiger partial charge in [0.25, 0.3) is 0 Å². The SMILES string of the molecule is CCCC(=O)[O-].CCCC(=O)[O-].CCCC(=O)[O-].CCCC(=O)[O-].[W]. The predicted molar refractivity (Wildman–Crippen MR) is 79.7 cm³/mol. The smallest absolute Gasteiger partial charge is 0.0414 e. The van der Waals surface area contributed by atoms with Gasteiger partial charge in [-0.2, -0.15) is 0 Å². The molecule has 0 aliphatic rings. The third-order valence-electron chi connectivity index (χ3n) is 1.82. The summed E-state index contributed by atoms with van der Waals surface area (Å²) in [4.78, 5) is 38.0. The first-order valence-electron chi connectivity index (χ1n) is 7.88. The van der Waals surface area contributed by atoms with Crippen LogP contribution >= 0.6 is 0 Å². The Labute approximate surface area is 163 Å². The topological polar surface area (TPSA) is 161 Å². The molecule has 150 valence electrons. The van der Waals surface area contributed by atoms with Gasteiger partial charge in [-0.1, -0.05) is 53.4 Å². The monoisotopic (exact) mass is 532 g/mol. The summed E-state index contributed by atoms with van der Waals surface area (Å²) < 4.78 is 0. The molecule has 25 heavy (non-hydrogen) atoms. The van der Waals surface area contributed by atoms with Gasteiger partial charge < -0.3 is 39.6 Å². The van der Waals surface area contributed by atoms with Crippen LogP contribution in [0.1, 0.15) is 79.1 Å². The van der Waals surface area contributed by atoms with Crippen LogP contribution in [0.25, 0.3) is 0 Å². The molecule has 0 aliphatic heterocycles. The summed E-state index contributed by atoms with van der Waals surface area (Å²) >= 11 is 0. The van der Waals surface area contributed by atoms with Crippen molar-refractivity contribution in [2.75, 3.05) is 0 Å². The molecule has 0 radical (unpaired) electrons. The van der Waals surface area contributed by atoms with Gasteiger partial charge in [0.2, 0.25) is 0 Å². The van der Waals surface area contributed by atoms with E-state index in [4.69, 9.17) is 0 Å². The molecule has 0 aliphatic carbocycles. The van der Waals surface area contributed by atoms with Crippen LogP contribution in [0.2, 0.25) is 0 Å². The van der Waals surface area contributed by atoms with Crippen molar-refractivity contribution in [1.29, 1.82) is 0 Å². The molecule has 0 amide bonds. The molecule has 0 unspecified atom stereocenters. The molecule has 0 aromatic rings. The van der Waals surface area contributed by atoms with Gasteiger partial charge in [0, 0.05) is 44.9 Å². The normalized spacial score (nSPS) is 7.84. The van der Waals surface area contributed by atoms with Gasteiger partial charge in [0.05, 0.1) is 0 Å². The van der Waals surface area contributed by atoms with Crippen LogP contribution in [0.4, 0.5) is 0 Å². The van der Waals surface area contributed by atoms with Gasteiger partial charge >= 0.3 is 0 Å². The first-order valence-corrected chi connectivity index (χ1v) is 7.88. The second-order valence-electron chi connectivity index (χ2n) is 4.49. The van der Waals surface area contributed by atoms with Crippen LogP contribution in [-0.2, 0) is 40.2 Å². The van der Waals surface area contributed by atoms with Crippen molar-refractivity contribution in [2.45, 2.75) is 79.1 Å². The quantitative estimate of drug-likeness (QED) is 0.352. The third-order valence-corrected chi connectivity index (χ3v) is 1.82. The van der Waals surface area contributed by atoms with Crippen LogP contribution in [0.5, 0.6) is 0 Å². The van der Waals surface area contributed by atoms with Gasteiger partial charge in [0.15, 0.2) is 0 Å². The maximum absolute atomic E-state index is 9.49. The Morgan fingerprint density at radius 3 is 0.600 bits per heavy atom. The molecule has 9 heteroatoms. The molecule has 0 fully saturated rings. The van der Waals surface area contributed by atoms with Gasteiger partial charge in [-0.3, -0.25) is 0 Å². The average Bonchev–Trinajstić information content (AvgIpc) is 2.39. The zero-order valence-electron chi connectivity index (χ0n) is 15.3. The van der Waals surface area contributed by atoms with Crippen LogP contribution in [0.15, 0.2) is 0 Å². The number of carbonyl (C=O) groups excluding carboxylic acids is 4. The Hall–Kier alpha value is -1.43. The summed E-state index contributed by atoms with van der Waals surface area (Å²) in [5.41, 5.74) is 0. The fourth-order valence-electron chi connectivity index (χ4n) is 0.816. The van der Waals surface area contributed by atoms with Crippen molar-refractivity contribution in [3.05, 3.63) is 0 Å². The second kappa shape index (κ2) is 30.4. The van der Waals surface area contributed by atoms with E-state index in [0.717, 1.165) is 0 Å². The minimum absolute atomic E-state index is 0. The summed E-state index contributed by atoms with van der Waals surface area (Å²) in [5.74, 6) is -3.84. The van der Waals surface area contributed by atoms with E-state index in [2.05, 4.69) is 0 Å². The first-order chi connectivity index (χ1) is 11.1. The number of hydrogen-bond donors (Lipinski definition) is 0. The van der Waals surface area contributed by atoms with E-state index in [0.29, 0.717) is 25.7 Å². The van der Waals surface area contributed by atoms with Crippen molar-refractivity contribution in [2.24, 2.45) is 0 Å². The fraction of sp³-hybridized carbons (Fsp3) is 0.750. The maximum atomic E-state index is 9.49. The fourth-order valence-corrected chi connectivity index (χ4v) is 0.816. The zero-order chi connectivity index (χ0) is 20.0.